The van der Waals surface area contributed by atoms with Crippen molar-refractivity contribution < 1.29 is 18.0 Å². The summed E-state index contributed by atoms with van der Waals surface area (Å²) < 4.78 is 37.7. The van der Waals surface area contributed by atoms with E-state index >= 15 is 0 Å². The summed E-state index contributed by atoms with van der Waals surface area (Å²) in [5.74, 6) is -1.80. The average molecular weight is 323 g/mol. The summed E-state index contributed by atoms with van der Waals surface area (Å²) >= 11 is 3.26. The van der Waals surface area contributed by atoms with E-state index in [1.807, 2.05) is 0 Å². The van der Waals surface area contributed by atoms with E-state index in [9.17, 15) is 18.0 Å². The van der Waals surface area contributed by atoms with Crippen LogP contribution in [0.3, 0.4) is 0 Å². The summed E-state index contributed by atoms with van der Waals surface area (Å²) in [5, 5.41) is 0. The van der Waals surface area contributed by atoms with E-state index in [0.29, 0.717) is 17.7 Å². The lowest BCUT2D eigenvalue weighted by atomic mass is 9.99. The maximum absolute atomic E-state index is 12.3. The van der Waals surface area contributed by atoms with Crippen molar-refractivity contribution in [2.24, 2.45) is 0 Å². The molecule has 0 fully saturated rings. The lowest BCUT2D eigenvalue weighted by molar-refractivity contribution is -0.186. The van der Waals surface area contributed by atoms with Gasteiger partial charge in [0.15, 0.2) is 0 Å². The highest BCUT2D eigenvalue weighted by atomic mass is 79.9. The van der Waals surface area contributed by atoms with Crippen LogP contribution in [-0.4, -0.2) is 23.5 Å². The number of halogens is 4. The first-order valence-corrected chi connectivity index (χ1v) is 6.01. The summed E-state index contributed by atoms with van der Waals surface area (Å²) in [6.07, 6.45) is -4.42. The molecule has 0 saturated carbocycles. The first-order valence-electron chi connectivity index (χ1n) is 5.22. The second-order valence-corrected chi connectivity index (χ2v) is 4.97. The Kier molecular flexibility index (Phi) is 3.27. The van der Waals surface area contributed by atoms with Crippen molar-refractivity contribution in [2.75, 3.05) is 12.3 Å². The second kappa shape index (κ2) is 4.46. The average Bonchev–Trinajstić information content (AvgIpc) is 2.28. The Hall–Kier alpha value is -1.24. The van der Waals surface area contributed by atoms with Crippen molar-refractivity contribution in [3.05, 3.63) is 27.7 Å². The number of benzene rings is 1. The molecule has 0 bridgehead atoms. The molecule has 0 unspecified atom stereocenters. The molecule has 2 N–H and O–H groups in total. The minimum atomic E-state index is -4.82. The van der Waals surface area contributed by atoms with E-state index < -0.39 is 12.1 Å². The molecule has 1 heterocycles. The van der Waals surface area contributed by atoms with Gasteiger partial charge in [-0.25, -0.2) is 0 Å². The number of hydrogen-bond donors (Lipinski definition) is 1. The van der Waals surface area contributed by atoms with Crippen molar-refractivity contribution in [1.82, 2.24) is 4.90 Å². The van der Waals surface area contributed by atoms with Crippen molar-refractivity contribution in [3.8, 4) is 0 Å². The minimum Gasteiger partial charge on any atom is -0.398 e. The number of rotatable bonds is 0. The van der Waals surface area contributed by atoms with Crippen molar-refractivity contribution >= 4 is 27.5 Å². The first kappa shape index (κ1) is 13.2. The molecule has 0 atom stereocenters. The van der Waals surface area contributed by atoms with Crippen LogP contribution in [0, 0.1) is 0 Å². The van der Waals surface area contributed by atoms with E-state index in [-0.39, 0.29) is 13.1 Å². The van der Waals surface area contributed by atoms with Crippen LogP contribution in [0.1, 0.15) is 11.1 Å². The molecule has 0 aromatic heterocycles. The highest BCUT2D eigenvalue weighted by Gasteiger charge is 2.43. The number of amides is 1. The van der Waals surface area contributed by atoms with Crippen molar-refractivity contribution in [3.63, 3.8) is 0 Å². The van der Waals surface area contributed by atoms with Gasteiger partial charge in [0.25, 0.3) is 0 Å². The lowest BCUT2D eigenvalue weighted by Crippen LogP contribution is -2.43. The SMILES string of the molecule is Nc1cc2c(cc1Br)CCN(C(=O)C(F)(F)F)C2. The van der Waals surface area contributed by atoms with Crippen LogP contribution in [0.5, 0.6) is 0 Å². The topological polar surface area (TPSA) is 46.3 Å². The second-order valence-electron chi connectivity index (χ2n) is 4.12. The third kappa shape index (κ3) is 2.45. The monoisotopic (exact) mass is 322 g/mol. The van der Waals surface area contributed by atoms with E-state index in [2.05, 4.69) is 15.9 Å². The normalized spacial score (nSPS) is 15.4. The van der Waals surface area contributed by atoms with E-state index in [1.165, 1.54) is 0 Å². The van der Waals surface area contributed by atoms with Gasteiger partial charge in [-0.3, -0.25) is 4.79 Å². The van der Waals surface area contributed by atoms with Crippen LogP contribution < -0.4 is 5.73 Å². The largest absolute Gasteiger partial charge is 0.471 e. The van der Waals surface area contributed by atoms with Crippen molar-refractivity contribution in [1.29, 1.82) is 0 Å². The Morgan fingerprint density at radius 2 is 2.00 bits per heavy atom. The quantitative estimate of drug-likeness (QED) is 0.746. The predicted molar refractivity (Wildman–Crippen MR) is 63.7 cm³/mol. The standard InChI is InChI=1S/C11H10BrF3N2O/c12-8-3-6-1-2-17(10(18)11(13,14)15)5-7(6)4-9(8)16/h3-4H,1-2,5,16H2. The van der Waals surface area contributed by atoms with E-state index in [1.54, 1.807) is 12.1 Å². The van der Waals surface area contributed by atoms with E-state index in [0.717, 1.165) is 14.9 Å². The van der Waals surface area contributed by atoms with Crippen LogP contribution in [0.25, 0.3) is 0 Å². The molecule has 1 aliphatic heterocycles. The Bertz CT molecular complexity index is 502. The number of carbonyl (C=O) groups is 1. The molecule has 98 valence electrons. The molecular formula is C11H10BrF3N2O. The number of fused-ring (bicyclic) bond motifs is 1. The third-order valence-corrected chi connectivity index (χ3v) is 3.55. The molecule has 0 saturated heterocycles. The molecule has 2 rings (SSSR count). The summed E-state index contributed by atoms with van der Waals surface area (Å²) in [5.41, 5.74) is 7.72. The molecule has 0 spiro atoms. The fourth-order valence-electron chi connectivity index (χ4n) is 1.95. The van der Waals surface area contributed by atoms with Gasteiger partial charge in [0.2, 0.25) is 0 Å². The molecule has 0 radical (unpaired) electrons. The number of nitrogen functional groups attached to an aromatic ring is 1. The van der Waals surface area contributed by atoms with Crippen LogP contribution in [0.2, 0.25) is 0 Å². The van der Waals surface area contributed by atoms with Gasteiger partial charge in [0.1, 0.15) is 0 Å². The maximum atomic E-state index is 12.3. The lowest BCUT2D eigenvalue weighted by Gasteiger charge is -2.29. The fourth-order valence-corrected chi connectivity index (χ4v) is 2.34. The predicted octanol–water partition coefficient (Wildman–Crippen LogP) is 2.48. The van der Waals surface area contributed by atoms with Crippen LogP contribution >= 0.6 is 15.9 Å². The fraction of sp³-hybridized carbons (Fsp3) is 0.364. The molecule has 7 heteroatoms. The summed E-state index contributed by atoms with van der Waals surface area (Å²) in [7, 11) is 0. The van der Waals surface area contributed by atoms with Gasteiger partial charge >= 0.3 is 12.1 Å². The van der Waals surface area contributed by atoms with Gasteiger partial charge in [0, 0.05) is 23.2 Å². The highest BCUT2D eigenvalue weighted by molar-refractivity contribution is 9.10. The molecule has 1 aromatic rings. The zero-order valence-electron chi connectivity index (χ0n) is 9.22. The van der Waals surface area contributed by atoms with Gasteiger partial charge in [-0.05, 0) is 45.6 Å². The minimum absolute atomic E-state index is 0.0504. The molecular weight excluding hydrogens is 313 g/mol. The number of nitrogens with zero attached hydrogens (tertiary/aromatic N) is 1. The van der Waals surface area contributed by atoms with Gasteiger partial charge in [0.05, 0.1) is 0 Å². The van der Waals surface area contributed by atoms with Crippen LogP contribution in [0.15, 0.2) is 16.6 Å². The van der Waals surface area contributed by atoms with Gasteiger partial charge in [-0.15, -0.1) is 0 Å². The van der Waals surface area contributed by atoms with Gasteiger partial charge < -0.3 is 10.6 Å². The number of nitrogens with two attached hydrogens (primary N) is 1. The molecule has 1 aliphatic rings. The summed E-state index contributed by atoms with van der Waals surface area (Å²) in [6, 6.07) is 3.40. The Labute approximate surface area is 110 Å². The smallest absolute Gasteiger partial charge is 0.398 e. The third-order valence-electron chi connectivity index (χ3n) is 2.86. The zero-order chi connectivity index (χ0) is 13.5. The van der Waals surface area contributed by atoms with E-state index in [4.69, 9.17) is 5.73 Å². The molecule has 0 aliphatic carbocycles. The maximum Gasteiger partial charge on any atom is 0.471 e. The number of carbonyl (C=O) groups excluding carboxylic acids is 1. The Morgan fingerprint density at radius 3 is 2.61 bits per heavy atom. The Morgan fingerprint density at radius 1 is 1.33 bits per heavy atom. The molecule has 1 aromatic carbocycles. The van der Waals surface area contributed by atoms with Gasteiger partial charge in [-0.1, -0.05) is 0 Å². The Balaban J connectivity index is 2.25. The zero-order valence-corrected chi connectivity index (χ0v) is 10.8. The number of anilines is 1. The molecule has 18 heavy (non-hydrogen) atoms. The first-order chi connectivity index (χ1) is 8.29. The van der Waals surface area contributed by atoms with Crippen LogP contribution in [-0.2, 0) is 17.8 Å². The highest BCUT2D eigenvalue weighted by Crippen LogP contribution is 2.29. The summed E-state index contributed by atoms with van der Waals surface area (Å²) in [6.45, 7) is 0.0207. The number of hydrogen-bond acceptors (Lipinski definition) is 2. The van der Waals surface area contributed by atoms with Crippen LogP contribution in [0.4, 0.5) is 18.9 Å². The number of alkyl halides is 3. The molecule has 1 amide bonds. The van der Waals surface area contributed by atoms with Crippen molar-refractivity contribution in [2.45, 2.75) is 19.1 Å². The summed E-state index contributed by atoms with van der Waals surface area (Å²) in [4.78, 5) is 11.9. The van der Waals surface area contributed by atoms with Gasteiger partial charge in [-0.2, -0.15) is 13.2 Å². The molecule has 3 nitrogen and oxygen atoms in total.